The average Bonchev–Trinajstić information content (AvgIpc) is 3.00. The molecule has 0 aromatic rings. The predicted molar refractivity (Wildman–Crippen MR) is 115 cm³/mol. The average molecular weight is 379 g/mol. The smallest absolute Gasteiger partial charge is 0.247 e. The lowest BCUT2D eigenvalue weighted by molar-refractivity contribution is -0.128. The zero-order chi connectivity index (χ0) is 21.5. The van der Waals surface area contributed by atoms with Crippen LogP contribution in [0.1, 0.15) is 54.4 Å². The van der Waals surface area contributed by atoms with Gasteiger partial charge in [-0.1, -0.05) is 82.7 Å². The Morgan fingerprint density at radius 2 is 1.85 bits per heavy atom. The van der Waals surface area contributed by atoms with Gasteiger partial charge in [0.05, 0.1) is 0 Å². The maximum Gasteiger partial charge on any atom is 0.247 e. The maximum atomic E-state index is 10.6. The van der Waals surface area contributed by atoms with E-state index in [1.165, 1.54) is 11.2 Å². The van der Waals surface area contributed by atoms with Gasteiger partial charge in [0.1, 0.15) is 6.29 Å². The van der Waals surface area contributed by atoms with Crippen molar-refractivity contribution in [1.82, 2.24) is 10.8 Å². The first-order valence-electron chi connectivity index (χ1n) is 9.46. The zero-order valence-electron chi connectivity index (χ0n) is 18.0. The summed E-state index contributed by atoms with van der Waals surface area (Å²) in [6.07, 6.45) is 17.5. The molecule has 1 amide bonds. The molecule has 0 radical (unpaired) electrons. The van der Waals surface area contributed by atoms with Crippen molar-refractivity contribution in [2.24, 2.45) is 5.92 Å². The van der Waals surface area contributed by atoms with Crippen LogP contribution in [0.5, 0.6) is 0 Å². The van der Waals surface area contributed by atoms with Crippen molar-refractivity contribution >= 4 is 12.2 Å². The number of carbonyl (C=O) groups is 2. The molecule has 0 saturated carbocycles. The van der Waals surface area contributed by atoms with Crippen molar-refractivity contribution in [1.29, 1.82) is 0 Å². The third-order valence-electron chi connectivity index (χ3n) is 2.86. The molecule has 1 rings (SSSR count). The molecule has 0 fully saturated rings. The van der Waals surface area contributed by atoms with Crippen molar-refractivity contribution < 1.29 is 14.8 Å². The van der Waals surface area contributed by atoms with E-state index in [9.17, 15) is 9.59 Å². The first-order chi connectivity index (χ1) is 13.0. The van der Waals surface area contributed by atoms with Gasteiger partial charge in [-0.2, -0.15) is 0 Å². The van der Waals surface area contributed by atoms with Gasteiger partial charge in [0.2, 0.25) is 5.91 Å². The Kier molecular flexibility index (Phi) is 25.7. The highest BCUT2D eigenvalue weighted by atomic mass is 16.5. The molecule has 1 aliphatic rings. The van der Waals surface area contributed by atoms with E-state index in [4.69, 9.17) is 5.21 Å². The Hall–Kier alpha value is -2.40. The quantitative estimate of drug-likeness (QED) is 0.266. The van der Waals surface area contributed by atoms with Crippen LogP contribution in [-0.4, -0.2) is 24.4 Å². The van der Waals surface area contributed by atoms with Gasteiger partial charge in [0, 0.05) is 31.5 Å². The number of amides is 1. The number of hydrogen-bond acceptors (Lipinski definition) is 4. The molecule has 0 bridgehead atoms. The number of hydroxylamine groups is 1. The number of carbonyl (C=O) groups excluding carboxylic acids is 2. The molecule has 0 saturated heterocycles. The second-order valence-electron chi connectivity index (χ2n) is 5.01. The standard InChI is InChI=1S/C10H15NO3.C8H11N.2C2H6/c1-8(6-9(2)7-12)4-3-5-10(13)11-14;1-9-8-6-4-2-3-5-7-8;2*1-2/h3-4,6-7,9,14H,5H2,1-2H3,(H,11,13);2-6,9H,7H2,1H3;2*1-2H3/b4-3?,8-6+;;;. The molecule has 0 aromatic carbocycles. The lowest BCUT2D eigenvalue weighted by atomic mass is 10.1. The highest BCUT2D eigenvalue weighted by molar-refractivity contribution is 5.76. The van der Waals surface area contributed by atoms with Crippen molar-refractivity contribution in [2.45, 2.75) is 54.4 Å². The summed E-state index contributed by atoms with van der Waals surface area (Å²) < 4.78 is 0. The molecule has 3 N–H and O–H groups in total. The monoisotopic (exact) mass is 378 g/mol. The predicted octanol–water partition coefficient (Wildman–Crippen LogP) is 4.88. The van der Waals surface area contributed by atoms with Crippen LogP contribution in [0, 0.1) is 5.92 Å². The molecule has 1 aliphatic carbocycles. The molecule has 0 aromatic heterocycles. The number of allylic oxidation sites excluding steroid dienone is 8. The van der Waals surface area contributed by atoms with Crippen LogP contribution >= 0.6 is 0 Å². The van der Waals surface area contributed by atoms with Crippen molar-refractivity contribution in [3.63, 3.8) is 0 Å². The van der Waals surface area contributed by atoms with Gasteiger partial charge < -0.3 is 10.1 Å². The van der Waals surface area contributed by atoms with E-state index >= 15 is 0 Å². The van der Waals surface area contributed by atoms with Gasteiger partial charge in [0.15, 0.2) is 0 Å². The summed E-state index contributed by atoms with van der Waals surface area (Å²) in [5, 5.41) is 11.3. The second-order valence-corrected chi connectivity index (χ2v) is 5.01. The minimum Gasteiger partial charge on any atom is -0.391 e. The first kappa shape index (κ1) is 29.4. The molecule has 0 heterocycles. The SMILES string of the molecule is C/C(C=CCC(=O)NO)=C\C(C)C=O.CC.CC.CNC1=CC=CC=CC1. The summed E-state index contributed by atoms with van der Waals surface area (Å²) in [5.74, 6) is -0.580. The molecular weight excluding hydrogens is 340 g/mol. The van der Waals surface area contributed by atoms with Gasteiger partial charge in [-0.05, 0) is 13.0 Å². The Balaban J connectivity index is -0.000000379. The maximum absolute atomic E-state index is 10.6. The molecular formula is C22H38N2O3. The van der Waals surface area contributed by atoms with Gasteiger partial charge in [-0.3, -0.25) is 10.0 Å². The lowest BCUT2D eigenvalue weighted by Gasteiger charge is -1.98. The molecule has 5 nitrogen and oxygen atoms in total. The fraction of sp³-hybridized carbons (Fsp3) is 0.455. The van der Waals surface area contributed by atoms with Crippen LogP contribution in [-0.2, 0) is 9.59 Å². The minimum absolute atomic E-state index is 0.119. The summed E-state index contributed by atoms with van der Waals surface area (Å²) >= 11 is 0. The molecule has 5 heteroatoms. The summed E-state index contributed by atoms with van der Waals surface area (Å²) in [4.78, 5) is 20.9. The zero-order valence-corrected chi connectivity index (χ0v) is 18.0. The molecule has 0 spiro atoms. The van der Waals surface area contributed by atoms with E-state index in [2.05, 4.69) is 23.5 Å². The molecule has 154 valence electrons. The number of rotatable bonds is 6. The topological polar surface area (TPSA) is 78.4 Å². The van der Waals surface area contributed by atoms with Crippen LogP contribution in [0.2, 0.25) is 0 Å². The summed E-state index contributed by atoms with van der Waals surface area (Å²) in [6.45, 7) is 11.6. The van der Waals surface area contributed by atoms with E-state index in [0.717, 1.165) is 18.3 Å². The third-order valence-corrected chi connectivity index (χ3v) is 2.86. The van der Waals surface area contributed by atoms with Crippen LogP contribution < -0.4 is 10.8 Å². The lowest BCUT2D eigenvalue weighted by Crippen LogP contribution is -2.16. The fourth-order valence-electron chi connectivity index (χ4n) is 1.67. The summed E-state index contributed by atoms with van der Waals surface area (Å²) in [5.41, 5.74) is 3.70. The van der Waals surface area contributed by atoms with Crippen LogP contribution in [0.4, 0.5) is 0 Å². The van der Waals surface area contributed by atoms with E-state index in [1.54, 1.807) is 25.2 Å². The van der Waals surface area contributed by atoms with Crippen molar-refractivity contribution in [3.05, 3.63) is 59.9 Å². The fourth-order valence-corrected chi connectivity index (χ4v) is 1.67. The second kappa shape index (κ2) is 23.6. The molecule has 1 unspecified atom stereocenters. The van der Waals surface area contributed by atoms with E-state index in [-0.39, 0.29) is 12.3 Å². The third kappa shape index (κ3) is 21.6. The van der Waals surface area contributed by atoms with Gasteiger partial charge >= 0.3 is 0 Å². The first-order valence-corrected chi connectivity index (χ1v) is 9.46. The van der Waals surface area contributed by atoms with Crippen LogP contribution in [0.25, 0.3) is 0 Å². The summed E-state index contributed by atoms with van der Waals surface area (Å²) in [6, 6.07) is 0. The van der Waals surface area contributed by atoms with E-state index in [0.29, 0.717) is 0 Å². The molecule has 0 aliphatic heterocycles. The normalized spacial score (nSPS) is 13.3. The summed E-state index contributed by atoms with van der Waals surface area (Å²) in [7, 11) is 1.94. The molecule has 27 heavy (non-hydrogen) atoms. The Bertz CT molecular complexity index is 516. The largest absolute Gasteiger partial charge is 0.391 e. The van der Waals surface area contributed by atoms with E-state index < -0.39 is 5.91 Å². The van der Waals surface area contributed by atoms with Crippen molar-refractivity contribution in [2.75, 3.05) is 7.05 Å². The number of aldehydes is 1. The van der Waals surface area contributed by atoms with Crippen LogP contribution in [0.3, 0.4) is 0 Å². The Labute approximate surface area is 165 Å². The van der Waals surface area contributed by atoms with Gasteiger partial charge in [-0.25, -0.2) is 5.48 Å². The van der Waals surface area contributed by atoms with Gasteiger partial charge in [-0.15, -0.1) is 0 Å². The Morgan fingerprint density at radius 3 is 2.37 bits per heavy atom. The minimum atomic E-state index is -0.461. The number of hydrogen-bond donors (Lipinski definition) is 3. The molecule has 1 atom stereocenters. The number of nitrogens with one attached hydrogen (secondary N) is 2. The van der Waals surface area contributed by atoms with E-state index in [1.807, 2.05) is 53.8 Å². The van der Waals surface area contributed by atoms with Crippen molar-refractivity contribution in [3.8, 4) is 0 Å². The van der Waals surface area contributed by atoms with Crippen LogP contribution in [0.15, 0.2) is 59.9 Å². The van der Waals surface area contributed by atoms with Gasteiger partial charge in [0.25, 0.3) is 0 Å². The Morgan fingerprint density at radius 1 is 1.22 bits per heavy atom. The highest BCUT2D eigenvalue weighted by Gasteiger charge is 1.95. The highest BCUT2D eigenvalue weighted by Crippen LogP contribution is 2.02.